The van der Waals surface area contributed by atoms with Gasteiger partial charge in [0.2, 0.25) is 0 Å². The van der Waals surface area contributed by atoms with Gasteiger partial charge in [-0.15, -0.1) is 0 Å². The first-order chi connectivity index (χ1) is 8.36. The smallest absolute Gasteiger partial charge is 0.336 e. The van der Waals surface area contributed by atoms with Gasteiger partial charge in [0.05, 0.1) is 11.1 Å². The molecule has 0 heterocycles. The lowest BCUT2D eigenvalue weighted by atomic mass is 10.0. The van der Waals surface area contributed by atoms with Gasteiger partial charge in [0.25, 0.3) is 5.91 Å². The first-order valence-corrected chi connectivity index (χ1v) is 5.95. The number of carboxylic acid groups (broad SMARTS) is 1. The summed E-state index contributed by atoms with van der Waals surface area (Å²) in [5.74, 6) is -1.02. The van der Waals surface area contributed by atoms with Crippen LogP contribution < -0.4 is 0 Å². The van der Waals surface area contributed by atoms with Crippen molar-refractivity contribution in [2.24, 2.45) is 5.92 Å². The van der Waals surface area contributed by atoms with Gasteiger partial charge in [0.15, 0.2) is 0 Å². The van der Waals surface area contributed by atoms with Crippen LogP contribution in [-0.4, -0.2) is 35.0 Å². The molecule has 1 atom stereocenters. The van der Waals surface area contributed by atoms with Crippen LogP contribution in [0, 0.1) is 5.92 Å². The fourth-order valence-electron chi connectivity index (χ4n) is 1.68. The third-order valence-electron chi connectivity index (χ3n) is 3.28. The van der Waals surface area contributed by atoms with Crippen LogP contribution in [-0.2, 0) is 0 Å². The third kappa shape index (κ3) is 2.88. The first kappa shape index (κ1) is 14.2. The summed E-state index contributed by atoms with van der Waals surface area (Å²) < 4.78 is 0. The van der Waals surface area contributed by atoms with Gasteiger partial charge in [0.1, 0.15) is 0 Å². The highest BCUT2D eigenvalue weighted by molar-refractivity contribution is 6.04. The molecule has 1 aromatic carbocycles. The maximum atomic E-state index is 12.3. The first-order valence-electron chi connectivity index (χ1n) is 5.95. The molecule has 0 radical (unpaired) electrons. The largest absolute Gasteiger partial charge is 0.478 e. The summed E-state index contributed by atoms with van der Waals surface area (Å²) in [7, 11) is 1.70. The number of nitrogens with zero attached hydrogens (tertiary/aromatic N) is 1. The van der Waals surface area contributed by atoms with Crippen LogP contribution in [0.5, 0.6) is 0 Å². The van der Waals surface area contributed by atoms with Gasteiger partial charge in [-0.2, -0.15) is 0 Å². The van der Waals surface area contributed by atoms with E-state index in [4.69, 9.17) is 5.11 Å². The van der Waals surface area contributed by atoms with Gasteiger partial charge in [-0.3, -0.25) is 4.79 Å². The summed E-state index contributed by atoms with van der Waals surface area (Å²) in [5.41, 5.74) is 0.283. The van der Waals surface area contributed by atoms with Crippen molar-refractivity contribution in [2.45, 2.75) is 26.8 Å². The summed E-state index contributed by atoms with van der Waals surface area (Å²) in [6.45, 7) is 6.00. The number of amides is 1. The quantitative estimate of drug-likeness (QED) is 0.892. The van der Waals surface area contributed by atoms with Crippen molar-refractivity contribution in [3.05, 3.63) is 35.4 Å². The van der Waals surface area contributed by atoms with Crippen molar-refractivity contribution >= 4 is 11.9 Å². The molecule has 0 fully saturated rings. The normalized spacial score (nSPS) is 12.3. The Morgan fingerprint density at radius 1 is 1.11 bits per heavy atom. The lowest BCUT2D eigenvalue weighted by Crippen LogP contribution is -2.38. The molecule has 0 aromatic heterocycles. The summed E-state index contributed by atoms with van der Waals surface area (Å²) in [6, 6.07) is 6.35. The SMILES string of the molecule is CC(C)C(C)N(C)C(=O)c1ccccc1C(=O)O. The fourth-order valence-corrected chi connectivity index (χ4v) is 1.68. The lowest BCUT2D eigenvalue weighted by Gasteiger charge is -2.28. The average molecular weight is 249 g/mol. The molecule has 0 bridgehead atoms. The average Bonchev–Trinajstić information content (AvgIpc) is 2.35. The van der Waals surface area contributed by atoms with Gasteiger partial charge in [-0.05, 0) is 25.0 Å². The molecule has 0 spiro atoms. The Balaban J connectivity index is 3.08. The number of carbonyl (C=O) groups excluding carboxylic acids is 1. The number of hydrogen-bond acceptors (Lipinski definition) is 2. The van der Waals surface area contributed by atoms with Crippen LogP contribution in [0.1, 0.15) is 41.5 Å². The van der Waals surface area contributed by atoms with Crippen molar-refractivity contribution in [3.63, 3.8) is 0 Å². The zero-order chi connectivity index (χ0) is 13.9. The highest BCUT2D eigenvalue weighted by Gasteiger charge is 2.23. The van der Waals surface area contributed by atoms with Crippen molar-refractivity contribution in [1.82, 2.24) is 4.90 Å². The number of aromatic carboxylic acids is 1. The predicted octanol–water partition coefficient (Wildman–Crippen LogP) is 2.50. The van der Waals surface area contributed by atoms with Crippen molar-refractivity contribution in [2.75, 3.05) is 7.05 Å². The molecule has 1 unspecified atom stereocenters. The molecule has 1 amide bonds. The highest BCUT2D eigenvalue weighted by Crippen LogP contribution is 2.15. The summed E-state index contributed by atoms with van der Waals surface area (Å²) in [4.78, 5) is 24.9. The van der Waals surface area contributed by atoms with E-state index in [1.165, 1.54) is 6.07 Å². The van der Waals surface area contributed by atoms with Crippen LogP contribution in [0.4, 0.5) is 0 Å². The van der Waals surface area contributed by atoms with Crippen molar-refractivity contribution < 1.29 is 14.7 Å². The molecule has 0 saturated carbocycles. The zero-order valence-electron chi connectivity index (χ0n) is 11.2. The predicted molar refractivity (Wildman–Crippen MR) is 69.8 cm³/mol. The van der Waals surface area contributed by atoms with Crippen LogP contribution in [0.3, 0.4) is 0 Å². The van der Waals surface area contributed by atoms with E-state index in [-0.39, 0.29) is 23.1 Å². The molecule has 0 aliphatic heterocycles. The van der Waals surface area contributed by atoms with Gasteiger partial charge in [0, 0.05) is 13.1 Å². The van der Waals surface area contributed by atoms with Crippen molar-refractivity contribution in [3.8, 4) is 0 Å². The fraction of sp³-hybridized carbons (Fsp3) is 0.429. The maximum absolute atomic E-state index is 12.3. The minimum atomic E-state index is -1.08. The molecule has 1 N–H and O–H groups in total. The van der Waals surface area contributed by atoms with Gasteiger partial charge < -0.3 is 10.0 Å². The molecule has 1 aromatic rings. The minimum absolute atomic E-state index is 0.0466. The van der Waals surface area contributed by atoms with Crippen LogP contribution >= 0.6 is 0 Å². The second-order valence-electron chi connectivity index (χ2n) is 4.75. The lowest BCUT2D eigenvalue weighted by molar-refractivity contribution is 0.0659. The van der Waals surface area contributed by atoms with E-state index >= 15 is 0 Å². The number of rotatable bonds is 4. The van der Waals surface area contributed by atoms with Crippen molar-refractivity contribution in [1.29, 1.82) is 0 Å². The van der Waals surface area contributed by atoms with E-state index < -0.39 is 5.97 Å². The number of carboxylic acids is 1. The zero-order valence-corrected chi connectivity index (χ0v) is 11.2. The number of hydrogen-bond donors (Lipinski definition) is 1. The van der Waals surface area contributed by atoms with Crippen LogP contribution in [0.2, 0.25) is 0 Å². The van der Waals surface area contributed by atoms with Gasteiger partial charge in [-0.25, -0.2) is 4.79 Å². The Morgan fingerprint density at radius 2 is 1.61 bits per heavy atom. The number of benzene rings is 1. The Bertz CT molecular complexity index is 454. The monoisotopic (exact) mass is 249 g/mol. The van der Waals surface area contributed by atoms with Crippen LogP contribution in [0.15, 0.2) is 24.3 Å². The van der Waals surface area contributed by atoms with E-state index in [9.17, 15) is 9.59 Å². The standard InChI is InChI=1S/C14H19NO3/c1-9(2)10(3)15(4)13(16)11-7-5-6-8-12(11)14(17)18/h5-10H,1-4H3,(H,17,18). The molecular formula is C14H19NO3. The molecular weight excluding hydrogens is 230 g/mol. The van der Waals surface area contributed by atoms with Gasteiger partial charge in [-0.1, -0.05) is 26.0 Å². The highest BCUT2D eigenvalue weighted by atomic mass is 16.4. The third-order valence-corrected chi connectivity index (χ3v) is 3.28. The Labute approximate surface area is 107 Å². The topological polar surface area (TPSA) is 57.6 Å². The molecule has 4 nitrogen and oxygen atoms in total. The molecule has 18 heavy (non-hydrogen) atoms. The Morgan fingerprint density at radius 3 is 2.06 bits per heavy atom. The van der Waals surface area contributed by atoms with E-state index in [2.05, 4.69) is 0 Å². The summed E-state index contributed by atoms with van der Waals surface area (Å²) in [6.07, 6.45) is 0. The molecule has 0 saturated heterocycles. The minimum Gasteiger partial charge on any atom is -0.478 e. The molecule has 1 rings (SSSR count). The van der Waals surface area contributed by atoms with E-state index in [0.29, 0.717) is 5.92 Å². The summed E-state index contributed by atoms with van der Waals surface area (Å²) >= 11 is 0. The van der Waals surface area contributed by atoms with E-state index in [0.717, 1.165) is 0 Å². The van der Waals surface area contributed by atoms with Crippen LogP contribution in [0.25, 0.3) is 0 Å². The second-order valence-corrected chi connectivity index (χ2v) is 4.75. The Kier molecular flexibility index (Phi) is 4.48. The summed E-state index contributed by atoms with van der Waals surface area (Å²) in [5, 5.41) is 9.07. The molecule has 98 valence electrons. The number of carbonyl (C=O) groups is 2. The second kappa shape index (κ2) is 5.67. The van der Waals surface area contributed by atoms with Gasteiger partial charge >= 0.3 is 5.97 Å². The Hall–Kier alpha value is -1.84. The molecule has 0 aliphatic rings. The molecule has 0 aliphatic carbocycles. The maximum Gasteiger partial charge on any atom is 0.336 e. The van der Waals surface area contributed by atoms with E-state index in [1.807, 2.05) is 20.8 Å². The van der Waals surface area contributed by atoms with E-state index in [1.54, 1.807) is 30.1 Å². The molecule has 4 heteroatoms.